The van der Waals surface area contributed by atoms with Crippen molar-refractivity contribution in [3.63, 3.8) is 0 Å². The zero-order chi connectivity index (χ0) is 7.56. The highest BCUT2D eigenvalue weighted by molar-refractivity contribution is 5.59. The van der Waals surface area contributed by atoms with Gasteiger partial charge in [-0.25, -0.2) is 0 Å². The van der Waals surface area contributed by atoms with Crippen LogP contribution in [0.3, 0.4) is 0 Å². The molecule has 2 nitrogen and oxygen atoms in total. The maximum Gasteiger partial charge on any atom is 0.129 e. The Balaban J connectivity index is 2.62. The number of aldehydes is 1. The molecule has 0 N–H and O–H groups in total. The Morgan fingerprint density at radius 3 is 2.90 bits per heavy atom. The predicted molar refractivity (Wildman–Crippen MR) is 38.7 cm³/mol. The monoisotopic (exact) mass is 140 g/mol. The van der Waals surface area contributed by atoms with Crippen LogP contribution in [0.4, 0.5) is 0 Å². The average molecular weight is 140 g/mol. The van der Waals surface area contributed by atoms with Crippen molar-refractivity contribution in [2.75, 3.05) is 6.61 Å². The largest absolute Gasteiger partial charge is 0.377 e. The van der Waals surface area contributed by atoms with Gasteiger partial charge in [0.2, 0.25) is 0 Å². The van der Waals surface area contributed by atoms with Crippen LogP contribution >= 0.6 is 0 Å². The first kappa shape index (κ1) is 7.48. The topological polar surface area (TPSA) is 26.3 Å². The van der Waals surface area contributed by atoms with Crippen molar-refractivity contribution < 1.29 is 9.53 Å². The van der Waals surface area contributed by atoms with E-state index in [1.165, 1.54) is 0 Å². The lowest BCUT2D eigenvalue weighted by Crippen LogP contribution is -2.29. The fraction of sp³-hybridized carbons (Fsp3) is 0.625. The second-order valence-electron chi connectivity index (χ2n) is 2.65. The van der Waals surface area contributed by atoms with E-state index in [2.05, 4.69) is 6.58 Å². The average Bonchev–Trinajstić information content (AvgIpc) is 1.88. The van der Waals surface area contributed by atoms with Crippen molar-refractivity contribution in [1.82, 2.24) is 0 Å². The third kappa shape index (κ3) is 1.27. The highest BCUT2D eigenvalue weighted by Crippen LogP contribution is 2.22. The molecular formula is C8H12O2. The first-order chi connectivity index (χ1) is 4.75. The molecule has 2 heteroatoms. The molecule has 1 saturated heterocycles. The van der Waals surface area contributed by atoms with Crippen LogP contribution in [0.5, 0.6) is 0 Å². The Morgan fingerprint density at radius 2 is 2.50 bits per heavy atom. The Kier molecular flexibility index (Phi) is 2.22. The summed E-state index contributed by atoms with van der Waals surface area (Å²) in [5, 5.41) is 0. The van der Waals surface area contributed by atoms with Crippen LogP contribution in [0.15, 0.2) is 12.2 Å². The van der Waals surface area contributed by atoms with Crippen molar-refractivity contribution in [2.24, 2.45) is 5.92 Å². The lowest BCUT2D eigenvalue weighted by molar-refractivity contribution is -0.115. The minimum Gasteiger partial charge on any atom is -0.377 e. The molecule has 56 valence electrons. The minimum atomic E-state index is -0.0752. The first-order valence-electron chi connectivity index (χ1n) is 3.50. The number of hydrogen-bond donors (Lipinski definition) is 0. The van der Waals surface area contributed by atoms with Gasteiger partial charge in [-0.2, -0.15) is 0 Å². The minimum absolute atomic E-state index is 0.0266. The number of ether oxygens (including phenoxy) is 1. The number of carbonyl (C=O) groups is 1. The van der Waals surface area contributed by atoms with Crippen LogP contribution < -0.4 is 0 Å². The molecular weight excluding hydrogens is 128 g/mol. The normalized spacial score (nSPS) is 33.9. The van der Waals surface area contributed by atoms with E-state index < -0.39 is 0 Å². The molecule has 1 rings (SSSR count). The highest BCUT2D eigenvalue weighted by Gasteiger charge is 2.23. The molecule has 0 radical (unpaired) electrons. The third-order valence-corrected chi connectivity index (χ3v) is 1.93. The van der Waals surface area contributed by atoms with Gasteiger partial charge in [-0.1, -0.05) is 12.2 Å². The third-order valence-electron chi connectivity index (χ3n) is 1.93. The summed E-state index contributed by atoms with van der Waals surface area (Å²) >= 11 is 0. The van der Waals surface area contributed by atoms with Gasteiger partial charge in [0.1, 0.15) is 6.29 Å². The van der Waals surface area contributed by atoms with Gasteiger partial charge in [0.05, 0.1) is 18.6 Å². The van der Waals surface area contributed by atoms with Gasteiger partial charge in [-0.15, -0.1) is 0 Å². The zero-order valence-corrected chi connectivity index (χ0v) is 6.17. The van der Waals surface area contributed by atoms with Gasteiger partial charge in [0.25, 0.3) is 0 Å². The highest BCUT2D eigenvalue weighted by atomic mass is 16.5. The second kappa shape index (κ2) is 2.97. The van der Waals surface area contributed by atoms with Gasteiger partial charge in [0, 0.05) is 0 Å². The molecule has 1 fully saturated rings. The molecule has 2 atom stereocenters. The van der Waals surface area contributed by atoms with Crippen molar-refractivity contribution >= 4 is 6.29 Å². The Labute approximate surface area is 60.9 Å². The fourth-order valence-electron chi connectivity index (χ4n) is 1.19. The molecule has 1 aliphatic heterocycles. The number of hydrogen-bond acceptors (Lipinski definition) is 2. The van der Waals surface area contributed by atoms with Crippen LogP contribution in [-0.4, -0.2) is 19.0 Å². The lowest BCUT2D eigenvalue weighted by Gasteiger charge is -2.26. The van der Waals surface area contributed by atoms with E-state index in [9.17, 15) is 4.79 Å². The molecule has 10 heavy (non-hydrogen) atoms. The molecule has 1 heterocycles. The van der Waals surface area contributed by atoms with E-state index in [1.54, 1.807) is 0 Å². The summed E-state index contributed by atoms with van der Waals surface area (Å²) in [5.41, 5.74) is 1.01. The van der Waals surface area contributed by atoms with E-state index >= 15 is 0 Å². The van der Waals surface area contributed by atoms with Crippen molar-refractivity contribution in [3.8, 4) is 0 Å². The van der Waals surface area contributed by atoms with Crippen molar-refractivity contribution in [2.45, 2.75) is 19.4 Å². The predicted octanol–water partition coefficient (Wildman–Crippen LogP) is 1.17. The van der Waals surface area contributed by atoms with E-state index in [0.717, 1.165) is 18.3 Å². The number of carbonyl (C=O) groups excluding carboxylic acids is 1. The Morgan fingerprint density at radius 1 is 1.80 bits per heavy atom. The molecule has 0 amide bonds. The van der Waals surface area contributed by atoms with Gasteiger partial charge in [0.15, 0.2) is 0 Å². The summed E-state index contributed by atoms with van der Waals surface area (Å²) in [5.74, 6) is -0.0752. The maximum atomic E-state index is 10.4. The lowest BCUT2D eigenvalue weighted by atomic mass is 9.92. The summed E-state index contributed by atoms with van der Waals surface area (Å²) < 4.78 is 5.26. The fourth-order valence-corrected chi connectivity index (χ4v) is 1.19. The Hall–Kier alpha value is -0.630. The van der Waals surface area contributed by atoms with Crippen LogP contribution in [-0.2, 0) is 9.53 Å². The molecule has 0 aromatic rings. The van der Waals surface area contributed by atoms with Crippen LogP contribution in [0, 0.1) is 5.92 Å². The van der Waals surface area contributed by atoms with Gasteiger partial charge in [-0.05, 0) is 13.3 Å². The van der Waals surface area contributed by atoms with E-state index in [1.807, 2.05) is 6.92 Å². The smallest absolute Gasteiger partial charge is 0.129 e. The van der Waals surface area contributed by atoms with Gasteiger partial charge in [-0.3, -0.25) is 0 Å². The first-order valence-corrected chi connectivity index (χ1v) is 3.50. The summed E-state index contributed by atoms with van der Waals surface area (Å²) in [7, 11) is 0. The maximum absolute atomic E-state index is 10.4. The van der Waals surface area contributed by atoms with Crippen LogP contribution in [0.25, 0.3) is 0 Å². The molecule has 0 saturated carbocycles. The molecule has 1 aliphatic rings. The van der Waals surface area contributed by atoms with E-state index in [0.29, 0.717) is 6.61 Å². The van der Waals surface area contributed by atoms with E-state index in [-0.39, 0.29) is 12.0 Å². The summed E-state index contributed by atoms with van der Waals surface area (Å²) in [6.45, 7) is 6.42. The Bertz CT molecular complexity index is 151. The molecule has 0 aliphatic carbocycles. The van der Waals surface area contributed by atoms with E-state index in [4.69, 9.17) is 4.74 Å². The molecule has 0 bridgehead atoms. The quantitative estimate of drug-likeness (QED) is 0.403. The molecule has 0 aromatic carbocycles. The molecule has 0 aromatic heterocycles. The summed E-state index contributed by atoms with van der Waals surface area (Å²) in [6, 6.07) is 0. The SMILES string of the molecule is C=C1CCO[C@@H](C)C1C=O. The zero-order valence-electron chi connectivity index (χ0n) is 6.17. The summed E-state index contributed by atoms with van der Waals surface area (Å²) in [4.78, 5) is 10.4. The molecule has 0 spiro atoms. The van der Waals surface area contributed by atoms with Crippen LogP contribution in [0.2, 0.25) is 0 Å². The van der Waals surface area contributed by atoms with Crippen molar-refractivity contribution in [1.29, 1.82) is 0 Å². The standard InChI is InChI=1S/C8H12O2/c1-6-3-4-10-7(2)8(6)5-9/h5,7-8H,1,3-4H2,2H3/t7-,8?/m0/s1. The second-order valence-corrected chi connectivity index (χ2v) is 2.65. The van der Waals surface area contributed by atoms with Crippen LogP contribution in [0.1, 0.15) is 13.3 Å². The summed E-state index contributed by atoms with van der Waals surface area (Å²) in [6.07, 6.45) is 1.78. The van der Waals surface area contributed by atoms with Gasteiger partial charge >= 0.3 is 0 Å². The number of rotatable bonds is 1. The van der Waals surface area contributed by atoms with Gasteiger partial charge < -0.3 is 9.53 Å². The molecule has 1 unspecified atom stereocenters. The van der Waals surface area contributed by atoms with Crippen molar-refractivity contribution in [3.05, 3.63) is 12.2 Å².